The highest BCUT2D eigenvalue weighted by Crippen LogP contribution is 2.33. The van der Waals surface area contributed by atoms with Crippen molar-refractivity contribution in [3.8, 4) is 6.07 Å². The third-order valence-corrected chi connectivity index (χ3v) is 1.63. The summed E-state index contributed by atoms with van der Waals surface area (Å²) in [6.45, 7) is 0. The topological polar surface area (TPSA) is 23.8 Å². The molecule has 1 nitrogen and oxygen atoms in total. The fourth-order valence-electron chi connectivity index (χ4n) is 0.874. The maximum atomic E-state index is 8.11. The van der Waals surface area contributed by atoms with Gasteiger partial charge in [-0.05, 0) is 18.8 Å². The monoisotopic (exact) mass is 121 g/mol. The van der Waals surface area contributed by atoms with Crippen molar-refractivity contribution >= 4 is 0 Å². The highest BCUT2D eigenvalue weighted by molar-refractivity contribution is 5.01. The van der Waals surface area contributed by atoms with Crippen LogP contribution in [0.3, 0.4) is 0 Å². The quantitative estimate of drug-likeness (QED) is 0.525. The van der Waals surface area contributed by atoms with E-state index in [0.29, 0.717) is 0 Å². The highest BCUT2D eigenvalue weighted by atomic mass is 14.2. The minimum Gasteiger partial charge on any atom is -0.193 e. The number of allylic oxidation sites excluding steroid dienone is 2. The summed E-state index contributed by atoms with van der Waals surface area (Å²) in [5.41, 5.74) is 0. The average molecular weight is 121 g/mol. The molecule has 48 valence electrons. The summed E-state index contributed by atoms with van der Waals surface area (Å²) in [6.07, 6.45) is 8.75. The molecule has 0 heterocycles. The molecule has 0 N–H and O–H groups in total. The van der Waals surface area contributed by atoms with Crippen LogP contribution >= 0.6 is 0 Å². The summed E-state index contributed by atoms with van der Waals surface area (Å²) in [5, 5.41) is 8.11. The lowest BCUT2D eigenvalue weighted by molar-refractivity contribution is 0.742. The molecule has 0 atom stereocenters. The molecule has 0 saturated heterocycles. The fraction of sp³-hybridized carbons (Fsp3) is 0.625. The predicted octanol–water partition coefficient (Wildman–Crippen LogP) is 2.26. The molecule has 1 fully saturated rings. The molecule has 1 saturated carbocycles. The molecule has 0 aromatic rings. The van der Waals surface area contributed by atoms with Crippen LogP contribution in [0.2, 0.25) is 0 Å². The van der Waals surface area contributed by atoms with E-state index >= 15 is 0 Å². The Labute approximate surface area is 56.0 Å². The van der Waals surface area contributed by atoms with Gasteiger partial charge in [0.05, 0.1) is 6.07 Å². The molecule has 0 spiro atoms. The summed E-state index contributed by atoms with van der Waals surface area (Å²) >= 11 is 0. The second kappa shape index (κ2) is 3.29. The lowest BCUT2D eigenvalue weighted by Gasteiger charge is -1.86. The minimum absolute atomic E-state index is 0.994. The molecule has 0 aromatic heterocycles. The SMILES string of the molecule is N#C/C=C/CCC1CC1. The molecule has 0 aliphatic heterocycles. The maximum absolute atomic E-state index is 8.11. The van der Waals surface area contributed by atoms with E-state index in [1.165, 1.54) is 19.3 Å². The average Bonchev–Trinajstić information content (AvgIpc) is 2.63. The molecule has 0 aromatic carbocycles. The van der Waals surface area contributed by atoms with Gasteiger partial charge in [-0.15, -0.1) is 0 Å². The molecule has 1 aliphatic rings. The number of hydrogen-bond donors (Lipinski definition) is 0. The first-order chi connectivity index (χ1) is 4.43. The van der Waals surface area contributed by atoms with Gasteiger partial charge in [0.15, 0.2) is 0 Å². The Bertz CT molecular complexity index is 137. The van der Waals surface area contributed by atoms with Crippen LogP contribution in [0.25, 0.3) is 0 Å². The number of nitrogens with zero attached hydrogens (tertiary/aromatic N) is 1. The van der Waals surface area contributed by atoms with E-state index in [9.17, 15) is 0 Å². The Kier molecular flexibility index (Phi) is 2.32. The molecule has 0 radical (unpaired) electrons. The van der Waals surface area contributed by atoms with E-state index in [1.807, 2.05) is 12.1 Å². The number of rotatable bonds is 3. The van der Waals surface area contributed by atoms with Crippen LogP contribution < -0.4 is 0 Å². The van der Waals surface area contributed by atoms with E-state index < -0.39 is 0 Å². The van der Waals surface area contributed by atoms with Crippen molar-refractivity contribution in [3.05, 3.63) is 12.2 Å². The third kappa shape index (κ3) is 2.92. The van der Waals surface area contributed by atoms with Gasteiger partial charge < -0.3 is 0 Å². The molecule has 9 heavy (non-hydrogen) atoms. The molecule has 0 unspecified atom stereocenters. The van der Waals surface area contributed by atoms with Gasteiger partial charge in [0.25, 0.3) is 0 Å². The van der Waals surface area contributed by atoms with Crippen molar-refractivity contribution < 1.29 is 0 Å². The highest BCUT2D eigenvalue weighted by Gasteiger charge is 2.19. The van der Waals surface area contributed by atoms with Crippen molar-refractivity contribution in [2.45, 2.75) is 25.7 Å². The normalized spacial score (nSPS) is 18.1. The Balaban J connectivity index is 1.93. The van der Waals surface area contributed by atoms with Crippen molar-refractivity contribution in [1.29, 1.82) is 5.26 Å². The Morgan fingerprint density at radius 3 is 2.89 bits per heavy atom. The van der Waals surface area contributed by atoms with Crippen LogP contribution in [0.15, 0.2) is 12.2 Å². The number of nitriles is 1. The van der Waals surface area contributed by atoms with Gasteiger partial charge >= 0.3 is 0 Å². The lowest BCUT2D eigenvalue weighted by Crippen LogP contribution is -1.71. The van der Waals surface area contributed by atoms with E-state index in [0.717, 1.165) is 12.3 Å². The van der Waals surface area contributed by atoms with Crippen LogP contribution in [-0.2, 0) is 0 Å². The minimum atomic E-state index is 0.994. The molecule has 0 bridgehead atoms. The zero-order chi connectivity index (χ0) is 6.53. The van der Waals surface area contributed by atoms with Crippen molar-refractivity contribution in [1.82, 2.24) is 0 Å². The molecule has 1 rings (SSSR count). The third-order valence-electron chi connectivity index (χ3n) is 1.63. The first-order valence-corrected chi connectivity index (χ1v) is 3.48. The van der Waals surface area contributed by atoms with Crippen LogP contribution in [0.4, 0.5) is 0 Å². The van der Waals surface area contributed by atoms with E-state index in [4.69, 9.17) is 5.26 Å². The van der Waals surface area contributed by atoms with Gasteiger partial charge in [-0.1, -0.05) is 18.9 Å². The van der Waals surface area contributed by atoms with Crippen LogP contribution in [0.1, 0.15) is 25.7 Å². The van der Waals surface area contributed by atoms with Crippen LogP contribution in [0.5, 0.6) is 0 Å². The zero-order valence-electron chi connectivity index (χ0n) is 5.51. The molecular weight excluding hydrogens is 110 g/mol. The van der Waals surface area contributed by atoms with Gasteiger partial charge in [-0.2, -0.15) is 5.26 Å². The second-order valence-corrected chi connectivity index (χ2v) is 2.55. The van der Waals surface area contributed by atoms with Crippen molar-refractivity contribution in [2.24, 2.45) is 5.92 Å². The van der Waals surface area contributed by atoms with E-state index in [-0.39, 0.29) is 0 Å². The van der Waals surface area contributed by atoms with Crippen molar-refractivity contribution in [2.75, 3.05) is 0 Å². The van der Waals surface area contributed by atoms with Gasteiger partial charge in [0, 0.05) is 6.08 Å². The van der Waals surface area contributed by atoms with Crippen molar-refractivity contribution in [3.63, 3.8) is 0 Å². The summed E-state index contributed by atoms with van der Waals surface area (Å²) in [6, 6.07) is 1.98. The number of hydrogen-bond acceptors (Lipinski definition) is 1. The predicted molar refractivity (Wildman–Crippen MR) is 36.7 cm³/mol. The summed E-state index contributed by atoms with van der Waals surface area (Å²) in [4.78, 5) is 0. The van der Waals surface area contributed by atoms with E-state index in [2.05, 4.69) is 0 Å². The molecule has 1 aliphatic carbocycles. The van der Waals surface area contributed by atoms with E-state index in [1.54, 1.807) is 6.08 Å². The smallest absolute Gasteiger partial charge is 0.0908 e. The van der Waals surface area contributed by atoms with Crippen LogP contribution in [0, 0.1) is 17.2 Å². The summed E-state index contributed by atoms with van der Waals surface area (Å²) in [5.74, 6) is 0.994. The maximum Gasteiger partial charge on any atom is 0.0908 e. The second-order valence-electron chi connectivity index (χ2n) is 2.55. The first-order valence-electron chi connectivity index (χ1n) is 3.48. The molecule has 0 amide bonds. The molecule has 1 heteroatoms. The molecular formula is C8H11N. The van der Waals surface area contributed by atoms with Crippen LogP contribution in [-0.4, -0.2) is 0 Å². The Hall–Kier alpha value is -0.770. The Morgan fingerprint density at radius 2 is 2.33 bits per heavy atom. The standard InChI is InChI=1S/C8H11N/c9-7-3-1-2-4-8-5-6-8/h1,3,8H,2,4-6H2/b3-1+. The van der Waals surface area contributed by atoms with Gasteiger partial charge in [0.1, 0.15) is 0 Å². The largest absolute Gasteiger partial charge is 0.193 e. The zero-order valence-corrected chi connectivity index (χ0v) is 5.51. The van der Waals surface area contributed by atoms with Gasteiger partial charge in [-0.25, -0.2) is 0 Å². The fourth-order valence-corrected chi connectivity index (χ4v) is 0.874. The summed E-state index contributed by atoms with van der Waals surface area (Å²) in [7, 11) is 0. The summed E-state index contributed by atoms with van der Waals surface area (Å²) < 4.78 is 0. The lowest BCUT2D eigenvalue weighted by atomic mass is 10.2. The van der Waals surface area contributed by atoms with Gasteiger partial charge in [0.2, 0.25) is 0 Å². The Morgan fingerprint density at radius 1 is 1.56 bits per heavy atom. The first kappa shape index (κ1) is 6.35. The van der Waals surface area contributed by atoms with Gasteiger partial charge in [-0.3, -0.25) is 0 Å².